The van der Waals surface area contributed by atoms with Crippen molar-refractivity contribution >= 4 is 23.3 Å². The van der Waals surface area contributed by atoms with Gasteiger partial charge in [0.05, 0.1) is 10.5 Å². The number of fused-ring (bicyclic) bond motifs is 1. The zero-order chi connectivity index (χ0) is 18.1. The first kappa shape index (κ1) is 16.1. The molecule has 2 aromatic rings. The van der Waals surface area contributed by atoms with E-state index in [0.29, 0.717) is 11.5 Å². The largest absolute Gasteiger partial charge is 0.507 e. The smallest absolute Gasteiger partial charge is 0.336 e. The van der Waals surface area contributed by atoms with Crippen LogP contribution >= 0.6 is 0 Å². The Bertz CT molecular complexity index is 919. The first-order chi connectivity index (χ1) is 11.9. The highest BCUT2D eigenvalue weighted by Crippen LogP contribution is 2.37. The molecule has 0 aromatic heterocycles. The average Bonchev–Trinajstić information content (AvgIpc) is 3.00. The highest BCUT2D eigenvalue weighted by atomic mass is 16.7. The Balaban J connectivity index is 2.11. The summed E-state index contributed by atoms with van der Waals surface area (Å²) in [5, 5.41) is 39.7. The second-order valence-corrected chi connectivity index (χ2v) is 5.09. The maximum absolute atomic E-state index is 11.6. The summed E-state index contributed by atoms with van der Waals surface area (Å²) in [7, 11) is 0. The number of benzene rings is 2. The van der Waals surface area contributed by atoms with Crippen molar-refractivity contribution in [1.29, 1.82) is 0 Å². The maximum Gasteiger partial charge on any atom is 0.336 e. The Morgan fingerprint density at radius 2 is 1.84 bits per heavy atom. The SMILES string of the molecule is O=C(O)/C(=C\c1cc([N+](=O)[O-])c(O)cc1O)c1ccc2c(c1)OCO2. The summed E-state index contributed by atoms with van der Waals surface area (Å²) in [6.45, 7) is 0.0237. The van der Waals surface area contributed by atoms with E-state index in [0.717, 1.165) is 18.2 Å². The van der Waals surface area contributed by atoms with Gasteiger partial charge in [-0.15, -0.1) is 0 Å². The standard InChI is InChI=1S/C16H11NO8/c18-12-6-13(19)11(17(22)23)4-9(12)3-10(16(20)21)8-1-2-14-15(5-8)25-7-24-14/h1-6,18-19H,7H2,(H,20,21)/b10-3-. The van der Waals surface area contributed by atoms with Crippen molar-refractivity contribution < 1.29 is 34.5 Å². The van der Waals surface area contributed by atoms with Crippen LogP contribution in [0.25, 0.3) is 11.6 Å². The van der Waals surface area contributed by atoms with Gasteiger partial charge in [-0.25, -0.2) is 4.79 Å². The minimum Gasteiger partial charge on any atom is -0.507 e. The molecule has 0 amide bonds. The van der Waals surface area contributed by atoms with Gasteiger partial charge in [-0.1, -0.05) is 6.07 Å². The van der Waals surface area contributed by atoms with Gasteiger partial charge in [0.15, 0.2) is 17.2 Å². The Hall–Kier alpha value is -3.75. The first-order valence-electron chi connectivity index (χ1n) is 6.92. The number of nitro benzene ring substituents is 1. The lowest BCUT2D eigenvalue weighted by Crippen LogP contribution is -2.00. The van der Waals surface area contributed by atoms with Gasteiger partial charge in [0, 0.05) is 17.7 Å². The number of phenols is 2. The molecule has 25 heavy (non-hydrogen) atoms. The minimum atomic E-state index is -1.31. The van der Waals surface area contributed by atoms with E-state index >= 15 is 0 Å². The zero-order valence-corrected chi connectivity index (χ0v) is 12.5. The number of aliphatic carboxylic acids is 1. The van der Waals surface area contributed by atoms with Crippen LogP contribution in [0.2, 0.25) is 0 Å². The highest BCUT2D eigenvalue weighted by Gasteiger charge is 2.20. The molecule has 128 valence electrons. The van der Waals surface area contributed by atoms with Gasteiger partial charge in [0.1, 0.15) is 5.75 Å². The molecule has 1 aliphatic rings. The molecule has 0 saturated heterocycles. The zero-order valence-electron chi connectivity index (χ0n) is 12.5. The lowest BCUT2D eigenvalue weighted by molar-refractivity contribution is -0.385. The number of carboxylic acids is 1. The number of rotatable bonds is 4. The van der Waals surface area contributed by atoms with E-state index in [1.54, 1.807) is 0 Å². The summed E-state index contributed by atoms with van der Waals surface area (Å²) in [5.41, 5.74) is -0.750. The number of phenolic OH excluding ortho intramolecular Hbond substituents is 2. The van der Waals surface area contributed by atoms with Crippen molar-refractivity contribution in [3.8, 4) is 23.0 Å². The van der Waals surface area contributed by atoms with E-state index in [1.807, 2.05) is 0 Å². The van der Waals surface area contributed by atoms with Gasteiger partial charge in [-0.05, 0) is 23.8 Å². The number of hydrogen-bond donors (Lipinski definition) is 3. The summed E-state index contributed by atoms with van der Waals surface area (Å²) in [5.74, 6) is -1.70. The Morgan fingerprint density at radius 1 is 1.12 bits per heavy atom. The van der Waals surface area contributed by atoms with Crippen LogP contribution in [0.3, 0.4) is 0 Å². The highest BCUT2D eigenvalue weighted by molar-refractivity contribution is 6.21. The molecule has 1 aliphatic heterocycles. The minimum absolute atomic E-state index is 0.0237. The van der Waals surface area contributed by atoms with E-state index in [4.69, 9.17) is 9.47 Å². The second kappa shape index (κ2) is 6.04. The van der Waals surface area contributed by atoms with Crippen LogP contribution in [0, 0.1) is 10.1 Å². The number of carboxylic acid groups (broad SMARTS) is 1. The monoisotopic (exact) mass is 345 g/mol. The third-order valence-corrected chi connectivity index (χ3v) is 3.53. The maximum atomic E-state index is 11.6. The van der Waals surface area contributed by atoms with Crippen LogP contribution < -0.4 is 9.47 Å². The van der Waals surface area contributed by atoms with Crippen LogP contribution in [-0.2, 0) is 4.79 Å². The van der Waals surface area contributed by atoms with E-state index < -0.39 is 28.1 Å². The Kier molecular flexibility index (Phi) is 3.89. The average molecular weight is 345 g/mol. The quantitative estimate of drug-likeness (QED) is 0.332. The van der Waals surface area contributed by atoms with Gasteiger partial charge in [-0.2, -0.15) is 0 Å². The van der Waals surface area contributed by atoms with Crippen molar-refractivity contribution in [2.45, 2.75) is 0 Å². The number of hydrogen-bond acceptors (Lipinski definition) is 7. The third-order valence-electron chi connectivity index (χ3n) is 3.53. The van der Waals surface area contributed by atoms with E-state index in [2.05, 4.69) is 0 Å². The molecule has 0 aliphatic carbocycles. The molecule has 3 N–H and O–H groups in total. The fourth-order valence-electron chi connectivity index (χ4n) is 2.33. The van der Waals surface area contributed by atoms with Crippen LogP contribution in [0.5, 0.6) is 23.0 Å². The van der Waals surface area contributed by atoms with Gasteiger partial charge < -0.3 is 24.8 Å². The van der Waals surface area contributed by atoms with Crippen LogP contribution in [-0.4, -0.2) is 33.0 Å². The van der Waals surface area contributed by atoms with Crippen LogP contribution in [0.4, 0.5) is 5.69 Å². The summed E-state index contributed by atoms with van der Waals surface area (Å²) >= 11 is 0. The molecule has 1 heterocycles. The molecule has 9 nitrogen and oxygen atoms in total. The lowest BCUT2D eigenvalue weighted by Gasteiger charge is -2.06. The number of nitro groups is 1. The predicted molar refractivity (Wildman–Crippen MR) is 84.5 cm³/mol. The Labute approximate surface area is 140 Å². The molecular weight excluding hydrogens is 334 g/mol. The molecule has 3 rings (SSSR count). The normalized spacial score (nSPS) is 12.9. The van der Waals surface area contributed by atoms with Crippen molar-refractivity contribution in [2.24, 2.45) is 0 Å². The second-order valence-electron chi connectivity index (χ2n) is 5.09. The van der Waals surface area contributed by atoms with Gasteiger partial charge in [0.25, 0.3) is 0 Å². The topological polar surface area (TPSA) is 139 Å². The van der Waals surface area contributed by atoms with Gasteiger partial charge in [0.2, 0.25) is 6.79 Å². The molecule has 0 atom stereocenters. The molecule has 0 saturated carbocycles. The molecule has 0 unspecified atom stereocenters. The van der Waals surface area contributed by atoms with Gasteiger partial charge >= 0.3 is 11.7 Å². The summed E-state index contributed by atoms with van der Waals surface area (Å²) in [4.78, 5) is 21.7. The van der Waals surface area contributed by atoms with E-state index in [-0.39, 0.29) is 23.5 Å². The number of nitrogens with zero attached hydrogens (tertiary/aromatic N) is 1. The molecule has 0 spiro atoms. The summed E-state index contributed by atoms with van der Waals surface area (Å²) in [6.07, 6.45) is 1.07. The fraction of sp³-hybridized carbons (Fsp3) is 0.0625. The molecule has 0 radical (unpaired) electrons. The lowest BCUT2D eigenvalue weighted by atomic mass is 10.0. The molecule has 2 aromatic carbocycles. The van der Waals surface area contributed by atoms with E-state index in [1.165, 1.54) is 18.2 Å². The summed E-state index contributed by atoms with van der Waals surface area (Å²) < 4.78 is 10.3. The first-order valence-corrected chi connectivity index (χ1v) is 6.92. The molecule has 0 bridgehead atoms. The number of carbonyl (C=O) groups is 1. The van der Waals surface area contributed by atoms with Gasteiger partial charge in [-0.3, -0.25) is 10.1 Å². The summed E-state index contributed by atoms with van der Waals surface area (Å²) in [6, 6.07) is 6.14. The van der Waals surface area contributed by atoms with Crippen molar-refractivity contribution in [1.82, 2.24) is 0 Å². The predicted octanol–water partition coefficient (Wildman–Crippen LogP) is 2.36. The molecule has 0 fully saturated rings. The molecule has 9 heteroatoms. The van der Waals surface area contributed by atoms with Crippen molar-refractivity contribution in [3.05, 3.63) is 51.6 Å². The van der Waals surface area contributed by atoms with E-state index in [9.17, 15) is 30.2 Å². The van der Waals surface area contributed by atoms with Crippen LogP contribution in [0.15, 0.2) is 30.3 Å². The Morgan fingerprint density at radius 3 is 2.52 bits per heavy atom. The number of ether oxygens (including phenoxy) is 2. The number of aromatic hydroxyl groups is 2. The fourth-order valence-corrected chi connectivity index (χ4v) is 2.33. The van der Waals surface area contributed by atoms with Crippen LogP contribution in [0.1, 0.15) is 11.1 Å². The molecular formula is C16H11NO8. The third kappa shape index (κ3) is 3.02. The van der Waals surface area contributed by atoms with Crippen molar-refractivity contribution in [2.75, 3.05) is 6.79 Å². The van der Waals surface area contributed by atoms with Crippen molar-refractivity contribution in [3.63, 3.8) is 0 Å².